The predicted octanol–water partition coefficient (Wildman–Crippen LogP) is 0.825. The van der Waals surface area contributed by atoms with Crippen molar-refractivity contribution < 1.29 is 14.6 Å². The van der Waals surface area contributed by atoms with Gasteiger partial charge >= 0.3 is 5.97 Å². The quantitative estimate of drug-likeness (QED) is 0.718. The highest BCUT2D eigenvalue weighted by Crippen LogP contribution is 1.90. The fraction of sp³-hybridized carbons (Fsp3) is 0.222. The van der Waals surface area contributed by atoms with Crippen LogP contribution in [0.3, 0.4) is 0 Å². The van der Waals surface area contributed by atoms with Crippen LogP contribution in [0.2, 0.25) is 0 Å². The van der Waals surface area contributed by atoms with E-state index >= 15 is 0 Å². The lowest BCUT2D eigenvalue weighted by Crippen LogP contribution is -1.97. The second-order valence-corrected chi connectivity index (χ2v) is 2.40. The van der Waals surface area contributed by atoms with Gasteiger partial charge in [0.2, 0.25) is 0 Å². The van der Waals surface area contributed by atoms with Gasteiger partial charge in [0.25, 0.3) is 0 Å². The fourth-order valence-electron chi connectivity index (χ4n) is 0.753. The molecule has 0 saturated heterocycles. The van der Waals surface area contributed by atoms with Crippen molar-refractivity contribution in [2.75, 3.05) is 13.2 Å². The van der Waals surface area contributed by atoms with E-state index in [2.05, 4.69) is 14.7 Å². The monoisotopic (exact) mass is 194 g/mol. The van der Waals surface area contributed by atoms with Gasteiger partial charge in [-0.05, 0) is 12.1 Å². The molecule has 0 aliphatic carbocycles. The Bertz CT molecular complexity index is 305. The zero-order chi connectivity index (χ0) is 10.2. The molecule has 0 spiro atoms. The largest absolute Gasteiger partial charge is 0.482 e. The van der Waals surface area contributed by atoms with Crippen LogP contribution in [0.15, 0.2) is 29.4 Å². The van der Waals surface area contributed by atoms with Gasteiger partial charge < -0.3 is 9.84 Å². The van der Waals surface area contributed by atoms with Gasteiger partial charge in [-0.3, -0.25) is 4.99 Å². The molecule has 1 aliphatic rings. The molecule has 0 amide bonds. The maximum Gasteiger partial charge on any atom is 0.354 e. The van der Waals surface area contributed by atoms with Crippen molar-refractivity contribution in [3.63, 3.8) is 0 Å². The topological polar surface area (TPSA) is 71.8 Å². The number of ether oxygens (including phenoxy) is 1. The third-order valence-corrected chi connectivity index (χ3v) is 1.37. The number of carbonyl (C=O) groups is 1. The molecule has 1 aliphatic heterocycles. The summed E-state index contributed by atoms with van der Waals surface area (Å²) in [5.41, 5.74) is 0.0810. The number of rotatable bonds is 1. The summed E-state index contributed by atoms with van der Waals surface area (Å²) >= 11 is 0. The van der Waals surface area contributed by atoms with Crippen molar-refractivity contribution in [3.05, 3.63) is 30.1 Å². The van der Waals surface area contributed by atoms with E-state index in [1.807, 2.05) is 0 Å². The van der Waals surface area contributed by atoms with E-state index in [4.69, 9.17) is 5.11 Å². The normalized spacial score (nSPS) is 12.6. The number of carboxylic acid groups (broad SMARTS) is 1. The molecule has 74 valence electrons. The van der Waals surface area contributed by atoms with Gasteiger partial charge in [0.05, 0.1) is 6.54 Å². The summed E-state index contributed by atoms with van der Waals surface area (Å²) in [6, 6.07) is 4.76. The molecule has 5 heteroatoms. The van der Waals surface area contributed by atoms with Gasteiger partial charge in [0.1, 0.15) is 12.3 Å². The van der Waals surface area contributed by atoms with Crippen LogP contribution in [0.1, 0.15) is 10.5 Å². The molecule has 2 rings (SSSR count). The zero-order valence-electron chi connectivity index (χ0n) is 7.46. The lowest BCUT2D eigenvalue weighted by atomic mass is 10.4. The molecule has 1 aromatic heterocycles. The van der Waals surface area contributed by atoms with E-state index in [9.17, 15) is 4.79 Å². The van der Waals surface area contributed by atoms with Gasteiger partial charge in [-0.15, -0.1) is 0 Å². The number of aliphatic imine (C=N–C) groups is 1. The van der Waals surface area contributed by atoms with Crippen LogP contribution in [0.4, 0.5) is 0 Å². The molecule has 14 heavy (non-hydrogen) atoms. The van der Waals surface area contributed by atoms with E-state index < -0.39 is 5.97 Å². The minimum absolute atomic E-state index is 0.0810. The molecule has 0 fully saturated rings. The molecule has 0 atom stereocenters. The standard InChI is InChI=1S/C6H5NO2.C3H5NO/c8-6(9)5-3-1-2-4-7-5;1-2-5-3-4-1/h1-4H,(H,8,9);3H,1-2H2. The predicted molar refractivity (Wildman–Crippen MR) is 50.5 cm³/mol. The Kier molecular flexibility index (Phi) is 4.13. The molecule has 0 bridgehead atoms. The molecule has 1 N–H and O–H groups in total. The van der Waals surface area contributed by atoms with Crippen LogP contribution in [-0.4, -0.2) is 35.6 Å². The van der Waals surface area contributed by atoms with Crippen LogP contribution in [0.25, 0.3) is 0 Å². The average molecular weight is 194 g/mol. The highest BCUT2D eigenvalue weighted by atomic mass is 16.5. The molecular formula is C9H10N2O3. The molecule has 0 unspecified atom stereocenters. The summed E-state index contributed by atoms with van der Waals surface area (Å²) in [4.78, 5) is 17.5. The maximum atomic E-state index is 10.1. The lowest BCUT2D eigenvalue weighted by Gasteiger charge is -1.87. The van der Waals surface area contributed by atoms with E-state index in [1.165, 1.54) is 18.7 Å². The summed E-state index contributed by atoms with van der Waals surface area (Å²) in [7, 11) is 0. The molecular weight excluding hydrogens is 184 g/mol. The SMILES string of the molecule is C1=NCCO1.O=C(O)c1ccccn1. The second kappa shape index (κ2) is 5.69. The fourth-order valence-corrected chi connectivity index (χ4v) is 0.753. The van der Waals surface area contributed by atoms with Crippen LogP contribution in [0.5, 0.6) is 0 Å². The Morgan fingerprint density at radius 1 is 1.50 bits per heavy atom. The van der Waals surface area contributed by atoms with Crippen LogP contribution < -0.4 is 0 Å². The Morgan fingerprint density at radius 3 is 2.64 bits per heavy atom. The number of pyridine rings is 1. The van der Waals surface area contributed by atoms with Gasteiger partial charge in [0.15, 0.2) is 6.40 Å². The number of carboxylic acids is 1. The first-order chi connectivity index (χ1) is 6.80. The molecule has 2 heterocycles. The highest BCUT2D eigenvalue weighted by Gasteiger charge is 1.98. The van der Waals surface area contributed by atoms with Gasteiger partial charge in [-0.1, -0.05) is 6.07 Å². The smallest absolute Gasteiger partial charge is 0.354 e. The second-order valence-electron chi connectivity index (χ2n) is 2.40. The van der Waals surface area contributed by atoms with Crippen molar-refractivity contribution in [3.8, 4) is 0 Å². The van der Waals surface area contributed by atoms with E-state index in [1.54, 1.807) is 12.1 Å². The van der Waals surface area contributed by atoms with Crippen molar-refractivity contribution in [1.82, 2.24) is 4.98 Å². The molecule has 0 radical (unpaired) electrons. The Hall–Kier alpha value is -1.91. The number of aromatic carboxylic acids is 1. The summed E-state index contributed by atoms with van der Waals surface area (Å²) in [5, 5.41) is 8.32. The van der Waals surface area contributed by atoms with Crippen molar-refractivity contribution in [2.24, 2.45) is 4.99 Å². The van der Waals surface area contributed by atoms with Gasteiger partial charge in [-0.2, -0.15) is 0 Å². The first kappa shape index (κ1) is 10.2. The van der Waals surface area contributed by atoms with Crippen LogP contribution in [0, 0.1) is 0 Å². The minimum atomic E-state index is -0.990. The Labute approximate surface area is 81.1 Å². The number of hydrogen-bond donors (Lipinski definition) is 1. The maximum absolute atomic E-state index is 10.1. The summed E-state index contributed by atoms with van der Waals surface area (Å²) < 4.78 is 4.65. The molecule has 5 nitrogen and oxygen atoms in total. The third kappa shape index (κ3) is 3.66. The van der Waals surface area contributed by atoms with E-state index in [-0.39, 0.29) is 5.69 Å². The average Bonchev–Trinajstić information content (AvgIpc) is 2.77. The third-order valence-electron chi connectivity index (χ3n) is 1.37. The number of aromatic nitrogens is 1. The Balaban J connectivity index is 0.000000165. The first-order valence-corrected chi connectivity index (χ1v) is 4.05. The first-order valence-electron chi connectivity index (χ1n) is 4.05. The van der Waals surface area contributed by atoms with Gasteiger partial charge in [0, 0.05) is 6.20 Å². The van der Waals surface area contributed by atoms with Crippen molar-refractivity contribution in [1.29, 1.82) is 0 Å². The number of nitrogens with zero attached hydrogens (tertiary/aromatic N) is 2. The molecule has 0 aromatic carbocycles. The van der Waals surface area contributed by atoms with Crippen LogP contribution >= 0.6 is 0 Å². The van der Waals surface area contributed by atoms with Crippen molar-refractivity contribution in [2.45, 2.75) is 0 Å². The molecule has 1 aromatic rings. The molecule has 0 saturated carbocycles. The van der Waals surface area contributed by atoms with Crippen molar-refractivity contribution >= 4 is 12.4 Å². The van der Waals surface area contributed by atoms with E-state index in [0.29, 0.717) is 0 Å². The minimum Gasteiger partial charge on any atom is -0.482 e. The van der Waals surface area contributed by atoms with Gasteiger partial charge in [-0.25, -0.2) is 9.78 Å². The summed E-state index contributed by atoms with van der Waals surface area (Å²) in [5.74, 6) is -0.990. The Morgan fingerprint density at radius 2 is 2.36 bits per heavy atom. The van der Waals surface area contributed by atoms with Crippen LogP contribution in [-0.2, 0) is 4.74 Å². The zero-order valence-corrected chi connectivity index (χ0v) is 7.46. The lowest BCUT2D eigenvalue weighted by molar-refractivity contribution is 0.0690. The number of hydrogen-bond acceptors (Lipinski definition) is 4. The van der Waals surface area contributed by atoms with E-state index in [0.717, 1.165) is 13.2 Å². The summed E-state index contributed by atoms with van der Waals surface area (Å²) in [6.45, 7) is 1.62. The highest BCUT2D eigenvalue weighted by molar-refractivity contribution is 5.85. The summed E-state index contributed by atoms with van der Waals surface area (Å²) in [6.07, 6.45) is 2.93.